The Kier molecular flexibility index (Phi) is 9.84. The van der Waals surface area contributed by atoms with Gasteiger partial charge >= 0.3 is 0 Å². The Labute approximate surface area is 348 Å². The van der Waals surface area contributed by atoms with Crippen molar-refractivity contribution < 1.29 is 0 Å². The number of pyridine rings is 3. The Bertz CT molecular complexity index is 2870. The number of benzene rings is 6. The Morgan fingerprint density at radius 1 is 0.200 bits per heavy atom. The third-order valence-electron chi connectivity index (χ3n) is 10.4. The smallest absolute Gasteiger partial charge is 0.164 e. The average Bonchev–Trinajstić information content (AvgIpc) is 3.35. The van der Waals surface area contributed by atoms with Gasteiger partial charge in [-0.05, 0) is 99.1 Å². The van der Waals surface area contributed by atoms with Gasteiger partial charge in [-0.2, -0.15) is 0 Å². The fourth-order valence-corrected chi connectivity index (χ4v) is 7.36. The van der Waals surface area contributed by atoms with Crippen LogP contribution in [0.15, 0.2) is 219 Å². The monoisotopic (exact) mass is 768 g/mol. The minimum atomic E-state index is 0.567. The Morgan fingerprint density at radius 3 is 0.933 bits per heavy atom. The van der Waals surface area contributed by atoms with Gasteiger partial charge in [0.05, 0.1) is 22.8 Å². The fourth-order valence-electron chi connectivity index (χ4n) is 7.36. The number of nitrogens with zero attached hydrogens (tertiary/aromatic N) is 6. The molecule has 60 heavy (non-hydrogen) atoms. The maximum Gasteiger partial charge on any atom is 0.164 e. The van der Waals surface area contributed by atoms with E-state index in [2.05, 4.69) is 162 Å². The summed E-state index contributed by atoms with van der Waals surface area (Å²) in [4.78, 5) is 29.9. The van der Waals surface area contributed by atoms with Crippen LogP contribution >= 0.6 is 0 Å². The summed E-state index contributed by atoms with van der Waals surface area (Å²) < 4.78 is 0. The van der Waals surface area contributed by atoms with Crippen molar-refractivity contribution in [2.75, 3.05) is 0 Å². The molecule has 0 amide bonds. The van der Waals surface area contributed by atoms with Gasteiger partial charge in [-0.3, -0.25) is 9.97 Å². The zero-order valence-corrected chi connectivity index (χ0v) is 32.5. The Balaban J connectivity index is 1.15. The van der Waals surface area contributed by atoms with E-state index < -0.39 is 0 Å². The van der Waals surface area contributed by atoms with Crippen LogP contribution < -0.4 is 0 Å². The largest absolute Gasteiger partial charge is 0.255 e. The number of aromatic nitrogens is 6. The summed E-state index contributed by atoms with van der Waals surface area (Å²) in [5.74, 6) is 1.75. The van der Waals surface area contributed by atoms with Crippen molar-refractivity contribution >= 4 is 0 Å². The van der Waals surface area contributed by atoms with Crippen LogP contribution in [0.25, 0.3) is 101 Å². The van der Waals surface area contributed by atoms with Crippen LogP contribution in [0.3, 0.4) is 0 Å². The molecule has 6 nitrogen and oxygen atoms in total. The second-order valence-electron chi connectivity index (χ2n) is 14.4. The summed E-state index contributed by atoms with van der Waals surface area (Å²) in [7, 11) is 0. The molecule has 0 unspecified atom stereocenters. The van der Waals surface area contributed by atoms with Crippen LogP contribution in [-0.4, -0.2) is 29.9 Å². The molecule has 4 heterocycles. The minimum Gasteiger partial charge on any atom is -0.255 e. The van der Waals surface area contributed by atoms with E-state index in [1.807, 2.05) is 54.6 Å². The molecule has 0 saturated heterocycles. The van der Waals surface area contributed by atoms with Gasteiger partial charge in [-0.25, -0.2) is 19.9 Å². The molecule has 0 radical (unpaired) electrons. The van der Waals surface area contributed by atoms with Crippen LogP contribution in [0.5, 0.6) is 0 Å². The van der Waals surface area contributed by atoms with Crippen molar-refractivity contribution in [3.8, 4) is 101 Å². The molecular weight excluding hydrogens is 733 g/mol. The van der Waals surface area contributed by atoms with E-state index in [9.17, 15) is 0 Å². The third-order valence-corrected chi connectivity index (χ3v) is 10.4. The van der Waals surface area contributed by atoms with Gasteiger partial charge < -0.3 is 0 Å². The third kappa shape index (κ3) is 7.73. The quantitative estimate of drug-likeness (QED) is 0.145. The number of hydrogen-bond donors (Lipinski definition) is 0. The highest BCUT2D eigenvalue weighted by Gasteiger charge is 2.17. The molecule has 0 fully saturated rings. The molecule has 6 aromatic carbocycles. The maximum absolute atomic E-state index is 5.21. The standard InChI is InChI=1S/C54H36N6/c1-4-14-37(15-5-1)40-22-26-42(27-23-40)52-58-53(43-28-24-41(25-29-43)38-16-6-2-7-17-38)60-54(59-52)47-33-44(39-18-8-3-9-19-39)32-45(34-47)46-35-50(48-20-10-12-30-55-48)57-51(36-46)49-21-11-13-31-56-49/h1-36H. The van der Waals surface area contributed by atoms with E-state index >= 15 is 0 Å². The average molecular weight is 769 g/mol. The van der Waals surface area contributed by atoms with Gasteiger partial charge in [0.25, 0.3) is 0 Å². The molecule has 0 saturated carbocycles. The van der Waals surface area contributed by atoms with Crippen LogP contribution in [0.4, 0.5) is 0 Å². The highest BCUT2D eigenvalue weighted by atomic mass is 15.0. The first-order chi connectivity index (χ1) is 29.7. The number of rotatable bonds is 9. The predicted octanol–water partition coefficient (Wildman–Crippen LogP) is 13.1. The second kappa shape index (κ2) is 16.3. The topological polar surface area (TPSA) is 77.3 Å². The van der Waals surface area contributed by atoms with E-state index in [-0.39, 0.29) is 0 Å². The summed E-state index contributed by atoms with van der Waals surface area (Å²) in [6, 6.07) is 70.5. The lowest BCUT2D eigenvalue weighted by molar-refractivity contribution is 1.07. The number of hydrogen-bond acceptors (Lipinski definition) is 6. The molecule has 282 valence electrons. The predicted molar refractivity (Wildman–Crippen MR) is 242 cm³/mol. The van der Waals surface area contributed by atoms with Crippen molar-refractivity contribution in [3.05, 3.63) is 219 Å². The van der Waals surface area contributed by atoms with E-state index in [4.69, 9.17) is 19.9 Å². The van der Waals surface area contributed by atoms with Crippen LogP contribution in [-0.2, 0) is 0 Å². The SMILES string of the molecule is c1ccc(-c2ccc(-c3nc(-c4ccc(-c5ccccc5)cc4)nc(-c4cc(-c5ccccc5)cc(-c5cc(-c6ccccn6)nc(-c6ccccn6)c5)c4)n3)cc2)cc1. The van der Waals surface area contributed by atoms with Crippen LogP contribution in [0, 0.1) is 0 Å². The van der Waals surface area contributed by atoms with Gasteiger partial charge in [0.2, 0.25) is 0 Å². The first kappa shape index (κ1) is 36.1. The Morgan fingerprint density at radius 2 is 0.517 bits per heavy atom. The summed E-state index contributed by atoms with van der Waals surface area (Å²) in [6.07, 6.45) is 3.58. The summed E-state index contributed by atoms with van der Waals surface area (Å²) in [6.45, 7) is 0. The molecular formula is C54H36N6. The lowest BCUT2D eigenvalue weighted by Crippen LogP contribution is -2.01. The maximum atomic E-state index is 5.21. The van der Waals surface area contributed by atoms with Crippen LogP contribution in [0.1, 0.15) is 0 Å². The first-order valence-electron chi connectivity index (χ1n) is 19.8. The van der Waals surface area contributed by atoms with E-state index in [0.717, 1.165) is 84.0 Å². The molecule has 0 spiro atoms. The van der Waals surface area contributed by atoms with E-state index in [0.29, 0.717) is 17.5 Å². The minimum absolute atomic E-state index is 0.567. The van der Waals surface area contributed by atoms with Crippen molar-refractivity contribution in [2.24, 2.45) is 0 Å². The lowest BCUT2D eigenvalue weighted by Gasteiger charge is -2.14. The summed E-state index contributed by atoms with van der Waals surface area (Å²) in [5.41, 5.74) is 14.3. The summed E-state index contributed by atoms with van der Waals surface area (Å²) >= 11 is 0. The highest BCUT2D eigenvalue weighted by molar-refractivity contribution is 5.83. The molecule has 0 N–H and O–H groups in total. The van der Waals surface area contributed by atoms with Crippen molar-refractivity contribution in [2.45, 2.75) is 0 Å². The second-order valence-corrected chi connectivity index (χ2v) is 14.4. The van der Waals surface area contributed by atoms with Gasteiger partial charge in [0.1, 0.15) is 0 Å². The van der Waals surface area contributed by atoms with Crippen molar-refractivity contribution in [1.82, 2.24) is 29.9 Å². The molecule has 0 atom stereocenters. The highest BCUT2D eigenvalue weighted by Crippen LogP contribution is 2.36. The van der Waals surface area contributed by atoms with Crippen LogP contribution in [0.2, 0.25) is 0 Å². The van der Waals surface area contributed by atoms with E-state index in [1.165, 1.54) is 0 Å². The van der Waals surface area contributed by atoms with Gasteiger partial charge in [-0.15, -0.1) is 0 Å². The molecule has 6 heteroatoms. The zero-order valence-electron chi connectivity index (χ0n) is 32.5. The molecule has 10 aromatic rings. The zero-order chi connectivity index (χ0) is 40.1. The van der Waals surface area contributed by atoms with Crippen molar-refractivity contribution in [1.29, 1.82) is 0 Å². The van der Waals surface area contributed by atoms with Gasteiger partial charge in [-0.1, -0.05) is 152 Å². The fraction of sp³-hybridized carbons (Fsp3) is 0. The Hall–Kier alpha value is -8.22. The lowest BCUT2D eigenvalue weighted by atomic mass is 9.95. The molecule has 0 aliphatic heterocycles. The molecule has 10 rings (SSSR count). The summed E-state index contributed by atoms with van der Waals surface area (Å²) in [5, 5.41) is 0. The van der Waals surface area contributed by atoms with Gasteiger partial charge in [0.15, 0.2) is 17.5 Å². The van der Waals surface area contributed by atoms with E-state index in [1.54, 1.807) is 12.4 Å². The van der Waals surface area contributed by atoms with Gasteiger partial charge in [0, 0.05) is 29.1 Å². The molecule has 0 aliphatic carbocycles. The molecule has 0 bridgehead atoms. The normalized spacial score (nSPS) is 11.0. The first-order valence-corrected chi connectivity index (χ1v) is 19.8. The molecule has 0 aliphatic rings. The van der Waals surface area contributed by atoms with Crippen molar-refractivity contribution in [3.63, 3.8) is 0 Å². The molecule has 4 aromatic heterocycles.